The molecule has 0 radical (unpaired) electrons. The van der Waals surface area contributed by atoms with Crippen molar-refractivity contribution in [2.45, 2.75) is 11.3 Å². The van der Waals surface area contributed by atoms with Crippen LogP contribution in [0.15, 0.2) is 52.9 Å². The number of halogens is 1. The van der Waals surface area contributed by atoms with Crippen molar-refractivity contribution >= 4 is 52.1 Å². The molecule has 0 aliphatic heterocycles. The van der Waals surface area contributed by atoms with Crippen LogP contribution in [-0.4, -0.2) is 34.7 Å². The van der Waals surface area contributed by atoms with Crippen LogP contribution in [0.1, 0.15) is 20.9 Å². The molecule has 1 aromatic heterocycles. The molecule has 0 fully saturated rings. The van der Waals surface area contributed by atoms with Gasteiger partial charge in [0.05, 0.1) is 11.4 Å². The Morgan fingerprint density at radius 3 is 2.56 bits per heavy atom. The number of benzene rings is 2. The molecular formula is C19H16ClN3O2S2. The summed E-state index contributed by atoms with van der Waals surface area (Å²) >= 11 is 8.87. The molecule has 3 rings (SSSR count). The predicted octanol–water partition coefficient (Wildman–Crippen LogP) is 4.49. The minimum Gasteiger partial charge on any atom is -0.314 e. The number of rotatable bonds is 6. The van der Waals surface area contributed by atoms with Crippen LogP contribution in [0.5, 0.6) is 0 Å². The molecule has 2 aromatic carbocycles. The van der Waals surface area contributed by atoms with Crippen LogP contribution in [0.4, 0.5) is 5.69 Å². The summed E-state index contributed by atoms with van der Waals surface area (Å²) < 4.78 is 0.742. The van der Waals surface area contributed by atoms with E-state index in [-0.39, 0.29) is 17.4 Å². The first kappa shape index (κ1) is 19.5. The van der Waals surface area contributed by atoms with Crippen molar-refractivity contribution in [2.24, 2.45) is 0 Å². The predicted molar refractivity (Wildman–Crippen MR) is 110 cm³/mol. The number of aryl methyl sites for hydroxylation is 1. The highest BCUT2D eigenvalue weighted by Crippen LogP contribution is 2.28. The molecule has 1 amide bonds. The summed E-state index contributed by atoms with van der Waals surface area (Å²) in [7, 11) is 1.65. The molecule has 0 aliphatic carbocycles. The number of carbonyl (C=O) groups excluding carboxylic acids is 2. The minimum absolute atomic E-state index is 0.141. The van der Waals surface area contributed by atoms with E-state index in [0.29, 0.717) is 21.8 Å². The second kappa shape index (κ2) is 8.65. The summed E-state index contributed by atoms with van der Waals surface area (Å²) in [6.45, 7) is 1.87. The summed E-state index contributed by atoms with van der Waals surface area (Å²) in [5.41, 5.74) is 1.45. The zero-order chi connectivity index (χ0) is 19.4. The molecular weight excluding hydrogens is 402 g/mol. The van der Waals surface area contributed by atoms with Crippen LogP contribution in [0.25, 0.3) is 0 Å². The number of anilines is 1. The third-order valence-electron chi connectivity index (χ3n) is 3.80. The highest BCUT2D eigenvalue weighted by atomic mass is 35.5. The zero-order valence-corrected chi connectivity index (χ0v) is 17.1. The van der Waals surface area contributed by atoms with E-state index < -0.39 is 0 Å². The van der Waals surface area contributed by atoms with Crippen LogP contribution < -0.4 is 4.90 Å². The number of aromatic nitrogens is 2. The maximum atomic E-state index is 12.9. The average Bonchev–Trinajstić information content (AvgIpc) is 3.10. The molecule has 5 nitrogen and oxygen atoms in total. The largest absolute Gasteiger partial charge is 0.314 e. The number of amides is 1. The van der Waals surface area contributed by atoms with Crippen molar-refractivity contribution in [2.75, 3.05) is 17.7 Å². The summed E-state index contributed by atoms with van der Waals surface area (Å²) in [6, 6.07) is 13.9. The van der Waals surface area contributed by atoms with Gasteiger partial charge in [0.25, 0.3) is 0 Å². The van der Waals surface area contributed by atoms with Crippen LogP contribution in [-0.2, 0) is 4.79 Å². The van der Waals surface area contributed by atoms with E-state index in [1.54, 1.807) is 49.5 Å². The van der Waals surface area contributed by atoms with Gasteiger partial charge < -0.3 is 4.90 Å². The molecule has 0 saturated heterocycles. The van der Waals surface area contributed by atoms with Crippen LogP contribution in [0.3, 0.4) is 0 Å². The highest BCUT2D eigenvalue weighted by Gasteiger charge is 2.20. The van der Waals surface area contributed by atoms with E-state index in [1.165, 1.54) is 28.0 Å². The van der Waals surface area contributed by atoms with Crippen molar-refractivity contribution in [3.05, 3.63) is 69.7 Å². The minimum atomic E-state index is -0.180. The number of nitrogens with zero attached hydrogens (tertiary/aromatic N) is 3. The van der Waals surface area contributed by atoms with Gasteiger partial charge in [-0.2, -0.15) is 0 Å². The molecule has 0 saturated carbocycles. The van der Waals surface area contributed by atoms with E-state index in [1.807, 2.05) is 13.0 Å². The number of hydrogen-bond acceptors (Lipinski definition) is 6. The van der Waals surface area contributed by atoms with Gasteiger partial charge >= 0.3 is 0 Å². The average molecular weight is 418 g/mol. The van der Waals surface area contributed by atoms with Gasteiger partial charge in [-0.1, -0.05) is 65.0 Å². The van der Waals surface area contributed by atoms with E-state index in [9.17, 15) is 9.59 Å². The Hall–Kier alpha value is -2.22. The van der Waals surface area contributed by atoms with Crippen LogP contribution in [0, 0.1) is 6.92 Å². The number of thioether (sulfide) groups is 1. The monoisotopic (exact) mass is 417 g/mol. The fourth-order valence-corrected chi connectivity index (χ4v) is 4.32. The van der Waals surface area contributed by atoms with Crippen molar-refractivity contribution in [1.82, 2.24) is 10.2 Å². The Kier molecular flexibility index (Phi) is 6.26. The molecule has 0 spiro atoms. The molecule has 27 heavy (non-hydrogen) atoms. The van der Waals surface area contributed by atoms with Gasteiger partial charge in [0.15, 0.2) is 10.1 Å². The lowest BCUT2D eigenvalue weighted by atomic mass is 10.0. The van der Waals surface area contributed by atoms with Crippen LogP contribution in [0.2, 0.25) is 5.02 Å². The lowest BCUT2D eigenvalue weighted by molar-refractivity contribution is -0.115. The molecule has 0 unspecified atom stereocenters. The topological polar surface area (TPSA) is 63.2 Å². The summed E-state index contributed by atoms with van der Waals surface area (Å²) in [4.78, 5) is 27.0. The van der Waals surface area contributed by atoms with E-state index >= 15 is 0 Å². The summed E-state index contributed by atoms with van der Waals surface area (Å²) in [5.74, 6) is -0.121. The standard InChI is InChI=1S/C19H16ClN3O2S2/c1-12-21-22-19(27-12)26-11-17(24)23(2)16-9-8-14(20)10-15(16)18(25)13-6-4-3-5-7-13/h3-10H,11H2,1-2H3. The normalized spacial score (nSPS) is 10.6. The summed E-state index contributed by atoms with van der Waals surface area (Å²) in [5, 5.41) is 9.24. The lowest BCUT2D eigenvalue weighted by Gasteiger charge is -2.20. The van der Waals surface area contributed by atoms with E-state index in [4.69, 9.17) is 11.6 Å². The third kappa shape index (κ3) is 4.74. The number of carbonyl (C=O) groups is 2. The second-order valence-corrected chi connectivity index (χ2v) is 8.53. The van der Waals surface area contributed by atoms with E-state index in [0.717, 1.165) is 9.35 Å². The number of hydrogen-bond donors (Lipinski definition) is 0. The maximum Gasteiger partial charge on any atom is 0.237 e. The lowest BCUT2D eigenvalue weighted by Crippen LogP contribution is -2.29. The second-order valence-electron chi connectivity index (χ2n) is 5.69. The van der Waals surface area contributed by atoms with Gasteiger partial charge in [-0.3, -0.25) is 9.59 Å². The Morgan fingerprint density at radius 2 is 1.89 bits per heavy atom. The third-order valence-corrected chi connectivity index (χ3v) is 5.99. The fourth-order valence-electron chi connectivity index (χ4n) is 2.42. The van der Waals surface area contributed by atoms with Gasteiger partial charge in [0.2, 0.25) is 5.91 Å². The molecule has 0 aliphatic rings. The van der Waals surface area contributed by atoms with Gasteiger partial charge in [0, 0.05) is 23.2 Å². The Labute approximate surface area is 170 Å². The fraction of sp³-hybridized carbons (Fsp3) is 0.158. The van der Waals surface area contributed by atoms with Crippen molar-refractivity contribution in [1.29, 1.82) is 0 Å². The Bertz CT molecular complexity index is 976. The molecule has 0 N–H and O–H groups in total. The SMILES string of the molecule is Cc1nnc(SCC(=O)N(C)c2ccc(Cl)cc2C(=O)c2ccccc2)s1. The smallest absolute Gasteiger partial charge is 0.237 e. The molecule has 3 aromatic rings. The first-order valence-electron chi connectivity index (χ1n) is 8.04. The Balaban J connectivity index is 1.82. The van der Waals surface area contributed by atoms with Crippen molar-refractivity contribution in [3.8, 4) is 0 Å². The van der Waals surface area contributed by atoms with Gasteiger partial charge in [0.1, 0.15) is 5.01 Å². The van der Waals surface area contributed by atoms with E-state index in [2.05, 4.69) is 10.2 Å². The van der Waals surface area contributed by atoms with Gasteiger partial charge in [-0.25, -0.2) is 0 Å². The number of ketones is 1. The first-order valence-corrected chi connectivity index (χ1v) is 10.2. The quantitative estimate of drug-likeness (QED) is 0.437. The van der Waals surface area contributed by atoms with Gasteiger partial charge in [-0.15, -0.1) is 10.2 Å². The molecule has 8 heteroatoms. The van der Waals surface area contributed by atoms with Crippen molar-refractivity contribution < 1.29 is 9.59 Å². The molecule has 0 bridgehead atoms. The highest BCUT2D eigenvalue weighted by molar-refractivity contribution is 8.01. The summed E-state index contributed by atoms with van der Waals surface area (Å²) in [6.07, 6.45) is 0. The van der Waals surface area contributed by atoms with Crippen LogP contribution >= 0.6 is 34.7 Å². The Morgan fingerprint density at radius 1 is 1.15 bits per heavy atom. The molecule has 1 heterocycles. The molecule has 138 valence electrons. The first-order chi connectivity index (χ1) is 13.0. The maximum absolute atomic E-state index is 12.9. The van der Waals surface area contributed by atoms with Crippen molar-refractivity contribution in [3.63, 3.8) is 0 Å². The molecule has 0 atom stereocenters. The van der Waals surface area contributed by atoms with Gasteiger partial charge in [-0.05, 0) is 25.1 Å². The zero-order valence-electron chi connectivity index (χ0n) is 14.7.